The van der Waals surface area contributed by atoms with Gasteiger partial charge in [0, 0.05) is 22.4 Å². The number of nitrogens with one attached hydrogen (secondary N) is 1. The fourth-order valence-electron chi connectivity index (χ4n) is 1.47. The molecule has 1 unspecified atom stereocenters. The monoisotopic (exact) mass is 299 g/mol. The summed E-state index contributed by atoms with van der Waals surface area (Å²) in [6.07, 6.45) is 1.63. The van der Waals surface area contributed by atoms with E-state index in [0.29, 0.717) is 5.76 Å². The predicted octanol–water partition coefficient (Wildman–Crippen LogP) is 0.446. The zero-order chi connectivity index (χ0) is 10.1. The Morgan fingerprint density at radius 1 is 1.27 bits per heavy atom. The summed E-state index contributed by atoms with van der Waals surface area (Å²) in [6, 6.07) is 7.51. The molecule has 2 N–H and O–H groups in total. The van der Waals surface area contributed by atoms with E-state index in [4.69, 9.17) is 4.74 Å². The first kappa shape index (κ1) is 12.3. The summed E-state index contributed by atoms with van der Waals surface area (Å²) in [7, 11) is 3.98. The zero-order valence-electron chi connectivity index (χ0n) is 8.62. The molecule has 0 spiro atoms. The van der Waals surface area contributed by atoms with E-state index in [2.05, 4.69) is 0 Å². The van der Waals surface area contributed by atoms with Crippen molar-refractivity contribution in [1.29, 1.82) is 0 Å². The van der Waals surface area contributed by atoms with Gasteiger partial charge in [-0.1, -0.05) is 12.1 Å². The minimum absolute atomic E-state index is 0. The van der Waals surface area contributed by atoms with E-state index < -0.39 is 0 Å². The van der Waals surface area contributed by atoms with Crippen molar-refractivity contribution in [3.8, 4) is 5.75 Å². The first-order chi connectivity index (χ1) is 6.68. The van der Waals surface area contributed by atoms with Crippen molar-refractivity contribution < 1.29 is 37.1 Å². The van der Waals surface area contributed by atoms with Gasteiger partial charge in [-0.25, -0.2) is 0 Å². The summed E-state index contributed by atoms with van der Waals surface area (Å²) in [4.78, 5) is 1.13. The number of rotatable bonds is 1. The van der Waals surface area contributed by atoms with Gasteiger partial charge in [0.1, 0.15) is 11.5 Å². The molecule has 1 aliphatic heterocycles. The molecular weight excluding hydrogens is 286 g/mol. The quantitative estimate of drug-likeness (QED) is 0.738. The molecule has 0 aromatic heterocycles. The fourth-order valence-corrected chi connectivity index (χ4v) is 1.47. The van der Waals surface area contributed by atoms with Crippen LogP contribution >= 0.6 is 0 Å². The average Bonchev–Trinajstić information content (AvgIpc) is 2.17. The number of fused-ring (bicyclic) bond motifs is 1. The van der Waals surface area contributed by atoms with Crippen LogP contribution in [0.3, 0.4) is 0 Å². The molecule has 0 bridgehead atoms. The van der Waals surface area contributed by atoms with Gasteiger partial charge in [0.15, 0.2) is 0 Å². The zero-order valence-corrected chi connectivity index (χ0v) is 10.1. The molecule has 3 nitrogen and oxygen atoms in total. The molecule has 1 heterocycles. The van der Waals surface area contributed by atoms with Crippen molar-refractivity contribution in [2.75, 3.05) is 14.1 Å². The van der Waals surface area contributed by atoms with Crippen molar-refractivity contribution >= 4 is 5.76 Å². The van der Waals surface area contributed by atoms with Crippen LogP contribution in [0, 0.1) is 0 Å². The number of aliphatic hydroxyl groups is 1. The van der Waals surface area contributed by atoms with Crippen molar-refractivity contribution in [3.63, 3.8) is 0 Å². The third-order valence-corrected chi connectivity index (χ3v) is 2.30. The molecule has 4 heteroatoms. The molecule has 0 amide bonds. The first-order valence-electron chi connectivity index (χ1n) is 4.65. The maximum Gasteiger partial charge on any atom is 0.255 e. The van der Waals surface area contributed by atoms with E-state index in [1.54, 1.807) is 6.08 Å². The van der Waals surface area contributed by atoms with Gasteiger partial charge in [-0.2, -0.15) is 0 Å². The summed E-state index contributed by atoms with van der Waals surface area (Å²) in [5.74, 6) is 1.05. The minimum Gasteiger partial charge on any atom is -0.507 e. The molecule has 0 saturated heterocycles. The smallest absolute Gasteiger partial charge is 0.255 e. The number of aliphatic hydroxyl groups excluding tert-OH is 1. The standard InChI is InChI=1S/C11H13NO2.Ag/c1-12(2)11-7-9(13)8-5-3-4-6-10(8)14-11;/h3-7,11,13H,1-2H3;/p+1. The summed E-state index contributed by atoms with van der Waals surface area (Å²) in [5.41, 5.74) is 0.769. The molecule has 1 aromatic carbocycles. The van der Waals surface area contributed by atoms with Gasteiger partial charge in [-0.3, -0.25) is 0 Å². The molecule has 2 rings (SSSR count). The molecule has 85 valence electrons. The molecule has 0 aliphatic carbocycles. The second kappa shape index (κ2) is 4.86. The summed E-state index contributed by atoms with van der Waals surface area (Å²) >= 11 is 0. The Hall–Kier alpha value is -0.740. The largest absolute Gasteiger partial charge is 0.507 e. The van der Waals surface area contributed by atoms with Crippen molar-refractivity contribution in [2.45, 2.75) is 6.23 Å². The Morgan fingerprint density at radius 3 is 2.60 bits per heavy atom. The Balaban J connectivity index is 0.00000112. The molecule has 1 aromatic rings. The Kier molecular flexibility index (Phi) is 3.99. The second-order valence-corrected chi connectivity index (χ2v) is 3.66. The molecule has 15 heavy (non-hydrogen) atoms. The molecular formula is C11H14AgNO2+. The van der Waals surface area contributed by atoms with Crippen LogP contribution in [-0.4, -0.2) is 25.4 Å². The average molecular weight is 300 g/mol. The van der Waals surface area contributed by atoms with Gasteiger partial charge in [0.25, 0.3) is 6.23 Å². The number of hydrogen-bond acceptors (Lipinski definition) is 2. The van der Waals surface area contributed by atoms with Crippen LogP contribution in [0.5, 0.6) is 5.75 Å². The number of para-hydroxylation sites is 1. The molecule has 1 aliphatic rings. The second-order valence-electron chi connectivity index (χ2n) is 3.66. The maximum absolute atomic E-state index is 9.75. The van der Waals surface area contributed by atoms with E-state index in [-0.39, 0.29) is 28.6 Å². The van der Waals surface area contributed by atoms with E-state index in [1.165, 1.54) is 0 Å². The number of hydrogen-bond donors (Lipinski definition) is 2. The van der Waals surface area contributed by atoms with E-state index in [1.807, 2.05) is 38.4 Å². The molecule has 0 fully saturated rings. The fraction of sp³-hybridized carbons (Fsp3) is 0.273. The van der Waals surface area contributed by atoms with Crippen LogP contribution in [0.15, 0.2) is 30.3 Å². The summed E-state index contributed by atoms with van der Waals surface area (Å²) in [6.45, 7) is 0. The topological polar surface area (TPSA) is 33.9 Å². The normalized spacial score (nSPS) is 18.6. The van der Waals surface area contributed by atoms with Crippen molar-refractivity contribution in [3.05, 3.63) is 35.9 Å². The number of quaternary nitrogens is 1. The Labute approximate surface area is 105 Å². The van der Waals surface area contributed by atoms with Crippen LogP contribution in [0.2, 0.25) is 0 Å². The van der Waals surface area contributed by atoms with Crippen LogP contribution in [0.25, 0.3) is 5.76 Å². The molecule has 0 saturated carbocycles. The number of likely N-dealkylation sites (N-methyl/N-ethyl adjacent to an activating group) is 1. The Morgan fingerprint density at radius 2 is 1.93 bits per heavy atom. The summed E-state index contributed by atoms with van der Waals surface area (Å²) in [5, 5.41) is 9.75. The van der Waals surface area contributed by atoms with Crippen LogP contribution in [-0.2, 0) is 22.4 Å². The molecule has 1 atom stereocenters. The van der Waals surface area contributed by atoms with Crippen molar-refractivity contribution in [1.82, 2.24) is 0 Å². The van der Waals surface area contributed by atoms with Crippen LogP contribution < -0.4 is 9.64 Å². The Bertz CT molecular complexity index is 377. The van der Waals surface area contributed by atoms with E-state index in [9.17, 15) is 5.11 Å². The van der Waals surface area contributed by atoms with Crippen molar-refractivity contribution in [2.24, 2.45) is 0 Å². The third-order valence-electron chi connectivity index (χ3n) is 2.30. The minimum atomic E-state index is -0.107. The van der Waals surface area contributed by atoms with Gasteiger partial charge < -0.3 is 14.7 Å². The predicted molar refractivity (Wildman–Crippen MR) is 54.3 cm³/mol. The SMILES string of the molecule is C[NH+](C)C1C=C(O)c2ccccc2O1.[Ag]. The maximum atomic E-state index is 9.75. The van der Waals surface area contributed by atoms with Gasteiger partial charge in [-0.15, -0.1) is 0 Å². The van der Waals surface area contributed by atoms with Gasteiger partial charge >= 0.3 is 0 Å². The van der Waals surface area contributed by atoms with Crippen LogP contribution in [0.1, 0.15) is 5.56 Å². The van der Waals surface area contributed by atoms with E-state index in [0.717, 1.165) is 16.2 Å². The third kappa shape index (κ3) is 2.44. The van der Waals surface area contributed by atoms with E-state index >= 15 is 0 Å². The van der Waals surface area contributed by atoms with Crippen LogP contribution in [0.4, 0.5) is 0 Å². The summed E-state index contributed by atoms with van der Waals surface area (Å²) < 4.78 is 5.69. The van der Waals surface area contributed by atoms with Gasteiger partial charge in [0.05, 0.1) is 25.7 Å². The molecule has 1 radical (unpaired) electrons. The number of benzene rings is 1. The number of ether oxygens (including phenoxy) is 1. The first-order valence-corrected chi connectivity index (χ1v) is 4.65. The van der Waals surface area contributed by atoms with Gasteiger partial charge in [0.2, 0.25) is 0 Å². The van der Waals surface area contributed by atoms with Gasteiger partial charge in [-0.05, 0) is 12.1 Å².